The lowest BCUT2D eigenvalue weighted by atomic mass is 9.81. The summed E-state index contributed by atoms with van der Waals surface area (Å²) in [6, 6.07) is 18.1. The Labute approximate surface area is 388 Å². The van der Waals surface area contributed by atoms with Gasteiger partial charge in [0.15, 0.2) is 6.23 Å². The number of para-hydroxylation sites is 1. The Hall–Kier alpha value is -6.65. The maximum atomic E-state index is 13.2. The number of hydrogen-bond acceptors (Lipinski definition) is 14. The Balaban J connectivity index is 0.834. The van der Waals surface area contributed by atoms with Crippen LogP contribution in [0.5, 0.6) is 5.75 Å². The third-order valence-corrected chi connectivity index (χ3v) is 12.3. The van der Waals surface area contributed by atoms with Crippen molar-refractivity contribution in [1.82, 2.24) is 35.0 Å². The lowest BCUT2D eigenvalue weighted by molar-refractivity contribution is -0.141. The van der Waals surface area contributed by atoms with Crippen molar-refractivity contribution in [3.05, 3.63) is 119 Å². The molecule has 1 fully saturated rings. The SMILES string of the molecule is CC(C)(CNC(=O)CCCCCc1cn(N[C@H]2OC[C@H](Nc3nccc(C(F)(F)F)n3)[C@@H](O)[C@H]2O)nn1)c1cc(-c2ccc3c(c2)[C@H](N)CO3)cc([C@H](O)Cn2ccc3cccc(C(=O)O)c32)c1. The number of alkyl halides is 3. The van der Waals surface area contributed by atoms with Crippen LogP contribution >= 0.6 is 0 Å². The minimum atomic E-state index is -4.68. The monoisotopic (exact) mass is 942 g/mol. The number of ether oxygens (including phenoxy) is 2. The third kappa shape index (κ3) is 10.9. The number of nitrogens with one attached hydrogen (secondary N) is 3. The van der Waals surface area contributed by atoms with E-state index in [0.29, 0.717) is 55.6 Å². The Morgan fingerprint density at radius 2 is 1.81 bits per heavy atom. The van der Waals surface area contributed by atoms with Gasteiger partial charge in [-0.05, 0) is 83.1 Å². The number of carboxylic acids is 1. The van der Waals surface area contributed by atoms with Crippen LogP contribution in [0.3, 0.4) is 0 Å². The van der Waals surface area contributed by atoms with E-state index in [1.165, 1.54) is 4.79 Å². The predicted octanol–water partition coefficient (Wildman–Crippen LogP) is 4.83. The summed E-state index contributed by atoms with van der Waals surface area (Å²) in [6.07, 6.45) is -2.57. The van der Waals surface area contributed by atoms with Crippen LogP contribution in [0.4, 0.5) is 19.1 Å². The summed E-state index contributed by atoms with van der Waals surface area (Å²) < 4.78 is 52.3. The Kier molecular flexibility index (Phi) is 14.0. The zero-order valence-electron chi connectivity index (χ0n) is 37.2. The molecule has 2 aliphatic rings. The summed E-state index contributed by atoms with van der Waals surface area (Å²) in [6.45, 7) is 4.64. The number of carboxylic acid groups (broad SMARTS) is 1. The number of fused-ring (bicyclic) bond motifs is 2. The van der Waals surface area contributed by atoms with E-state index in [0.717, 1.165) is 52.1 Å². The summed E-state index contributed by atoms with van der Waals surface area (Å²) in [7, 11) is 0. The number of halogens is 3. The standard InChI is InChI=1S/C47H53F3N10O8/c1-46(2,30-18-28(27-11-12-37-33(20-27)34(51)23-67-37)17-29(19-30)36(61)22-59-16-14-26-7-6-9-32(40(26)59)44(65)66)25-53-39(62)10-5-3-4-8-31-21-60(58-56-31)57-43-42(64)41(63)35(24-68-43)54-45-52-15-13-38(55-45)47(48,49)50/h6-7,9,11-21,34-36,41-43,57,61,63-64H,3-5,8,10,22-25,51H2,1-2H3,(H,53,62)(H,65,66)(H,52,54,55)/t34-,35+,36-,41-,42-,43+/m1/s1. The normalized spacial score (nSPS) is 19.9. The fourth-order valence-corrected chi connectivity index (χ4v) is 8.40. The van der Waals surface area contributed by atoms with Gasteiger partial charge >= 0.3 is 12.1 Å². The van der Waals surface area contributed by atoms with Crippen molar-refractivity contribution >= 4 is 28.7 Å². The van der Waals surface area contributed by atoms with Crippen molar-refractivity contribution < 1.29 is 52.7 Å². The van der Waals surface area contributed by atoms with E-state index in [2.05, 4.69) is 42.4 Å². The van der Waals surface area contributed by atoms with E-state index in [1.54, 1.807) is 29.1 Å². The average Bonchev–Trinajstić information content (AvgIpc) is 4.05. The van der Waals surface area contributed by atoms with E-state index in [1.807, 2.05) is 56.3 Å². The highest BCUT2D eigenvalue weighted by Gasteiger charge is 2.40. The van der Waals surface area contributed by atoms with Gasteiger partial charge in [-0.2, -0.15) is 18.0 Å². The number of rotatable bonds is 18. The van der Waals surface area contributed by atoms with E-state index in [4.69, 9.17) is 15.2 Å². The zero-order valence-corrected chi connectivity index (χ0v) is 37.2. The molecule has 1 amide bonds. The molecule has 8 rings (SSSR count). The number of nitrogens with zero attached hydrogens (tertiary/aromatic N) is 6. The molecule has 21 heteroatoms. The largest absolute Gasteiger partial charge is 0.491 e. The van der Waals surface area contributed by atoms with Gasteiger partial charge in [-0.15, -0.1) is 5.10 Å². The van der Waals surface area contributed by atoms with Gasteiger partial charge in [0.25, 0.3) is 0 Å². The number of carbonyl (C=O) groups excluding carboxylic acids is 1. The highest BCUT2D eigenvalue weighted by atomic mass is 19.4. The minimum Gasteiger partial charge on any atom is -0.491 e. The van der Waals surface area contributed by atoms with Crippen molar-refractivity contribution in [3.8, 4) is 16.9 Å². The highest BCUT2D eigenvalue weighted by molar-refractivity contribution is 6.02. The summed E-state index contributed by atoms with van der Waals surface area (Å²) in [5.41, 5.74) is 12.8. The number of hydrogen-bond donors (Lipinski definition) is 8. The smallest absolute Gasteiger partial charge is 0.433 e. The number of unbranched alkanes of at least 4 members (excludes halogenated alkanes) is 2. The first-order chi connectivity index (χ1) is 32.4. The van der Waals surface area contributed by atoms with Crippen LogP contribution in [0.1, 0.15) is 90.1 Å². The number of amides is 1. The van der Waals surface area contributed by atoms with Crippen molar-refractivity contribution in [2.75, 3.05) is 30.5 Å². The van der Waals surface area contributed by atoms with Gasteiger partial charge in [-0.1, -0.05) is 50.6 Å². The first-order valence-electron chi connectivity index (χ1n) is 22.2. The fourth-order valence-electron chi connectivity index (χ4n) is 8.40. The number of carbonyl (C=O) groups is 2. The average molecular weight is 943 g/mol. The Morgan fingerprint density at radius 3 is 2.60 bits per heavy atom. The molecule has 360 valence electrons. The van der Waals surface area contributed by atoms with Gasteiger partial charge in [0.05, 0.1) is 54.3 Å². The van der Waals surface area contributed by atoms with Crippen LogP contribution in [0.25, 0.3) is 22.0 Å². The van der Waals surface area contributed by atoms with Crippen LogP contribution < -0.4 is 26.5 Å². The fraction of sp³-hybridized carbons (Fsp3) is 0.404. The lowest BCUT2D eigenvalue weighted by Crippen LogP contribution is -2.59. The van der Waals surface area contributed by atoms with Crippen LogP contribution in [0.15, 0.2) is 85.3 Å². The maximum absolute atomic E-state index is 13.2. The van der Waals surface area contributed by atoms with Gasteiger partial charge in [-0.3, -0.25) is 10.2 Å². The second-order valence-corrected chi connectivity index (χ2v) is 17.8. The number of aliphatic hydroxyl groups is 3. The number of benzene rings is 3. The summed E-state index contributed by atoms with van der Waals surface area (Å²) in [5, 5.41) is 57.7. The van der Waals surface area contributed by atoms with Crippen molar-refractivity contribution in [2.24, 2.45) is 5.73 Å². The van der Waals surface area contributed by atoms with Gasteiger partial charge in [0.1, 0.15) is 30.3 Å². The van der Waals surface area contributed by atoms with E-state index in [-0.39, 0.29) is 36.6 Å². The van der Waals surface area contributed by atoms with Crippen molar-refractivity contribution in [3.63, 3.8) is 0 Å². The van der Waals surface area contributed by atoms with Crippen LogP contribution in [-0.2, 0) is 34.1 Å². The second kappa shape index (κ2) is 19.9. The molecule has 18 nitrogen and oxygen atoms in total. The summed E-state index contributed by atoms with van der Waals surface area (Å²) in [4.78, 5) is 33.7. The van der Waals surface area contributed by atoms with E-state index in [9.17, 15) is 43.2 Å². The van der Waals surface area contributed by atoms with E-state index < -0.39 is 53.8 Å². The predicted molar refractivity (Wildman–Crippen MR) is 242 cm³/mol. The molecule has 6 aromatic rings. The molecule has 5 heterocycles. The third-order valence-electron chi connectivity index (χ3n) is 12.3. The molecule has 0 aliphatic carbocycles. The number of aryl methyl sites for hydroxylation is 1. The Morgan fingerprint density at radius 1 is 0.985 bits per heavy atom. The molecule has 2 aliphatic heterocycles. The first-order valence-corrected chi connectivity index (χ1v) is 22.2. The van der Waals surface area contributed by atoms with Gasteiger partial charge in [0.2, 0.25) is 11.9 Å². The molecule has 0 radical (unpaired) electrons. The summed E-state index contributed by atoms with van der Waals surface area (Å²) in [5.74, 6) is -0.816. The second-order valence-electron chi connectivity index (χ2n) is 17.8. The van der Waals surface area contributed by atoms with Gasteiger partial charge in [0, 0.05) is 41.7 Å². The van der Waals surface area contributed by atoms with Gasteiger partial charge in [-0.25, -0.2) is 14.8 Å². The molecule has 1 saturated heterocycles. The highest BCUT2D eigenvalue weighted by Crippen LogP contribution is 2.38. The van der Waals surface area contributed by atoms with Gasteiger partial charge < -0.3 is 50.8 Å². The molecular weight excluding hydrogens is 890 g/mol. The van der Waals surface area contributed by atoms with Crippen molar-refractivity contribution in [1.29, 1.82) is 0 Å². The molecule has 6 atom stereocenters. The number of aromatic carboxylic acids is 1. The maximum Gasteiger partial charge on any atom is 0.433 e. The zero-order chi connectivity index (χ0) is 48.3. The minimum absolute atomic E-state index is 0.103. The van der Waals surface area contributed by atoms with E-state index >= 15 is 0 Å². The lowest BCUT2D eigenvalue weighted by Gasteiger charge is -2.38. The number of anilines is 1. The molecule has 0 unspecified atom stereocenters. The molecule has 0 saturated carbocycles. The quantitative estimate of drug-likeness (QED) is 0.0537. The number of nitrogens with two attached hydrogens (primary N) is 1. The van der Waals surface area contributed by atoms with Crippen LogP contribution in [0.2, 0.25) is 0 Å². The van der Waals surface area contributed by atoms with Crippen LogP contribution in [0, 0.1) is 0 Å². The molecular formula is C47H53F3N10O8. The first kappa shape index (κ1) is 47.8. The molecule has 3 aromatic heterocycles. The molecule has 9 N–H and O–H groups in total. The van der Waals surface area contributed by atoms with Crippen molar-refractivity contribution in [2.45, 2.75) is 101 Å². The summed E-state index contributed by atoms with van der Waals surface area (Å²) >= 11 is 0. The number of aliphatic hydroxyl groups excluding tert-OH is 3. The number of aromatic nitrogens is 6. The molecule has 3 aromatic carbocycles. The van der Waals surface area contributed by atoms with Crippen LogP contribution in [-0.4, -0.2) is 106 Å². The topological polar surface area (TPSA) is 257 Å². The molecule has 68 heavy (non-hydrogen) atoms. The Bertz CT molecular complexity index is 2760. The molecule has 0 spiro atoms. The molecule has 0 bridgehead atoms.